The van der Waals surface area contributed by atoms with Gasteiger partial charge in [0.15, 0.2) is 17.4 Å². The van der Waals surface area contributed by atoms with Gasteiger partial charge < -0.3 is 5.48 Å². The Hall–Kier alpha value is 3.86. The molecule has 2 N–H and O–H groups in total. The molecule has 0 aliphatic rings. The molecule has 0 amide bonds. The van der Waals surface area contributed by atoms with E-state index in [1.807, 2.05) is 0 Å². The molecule has 0 heterocycles. The SMILES string of the molecule is O.[AlH3].[CaH2].[SrH2].[Zn]. The quantitative estimate of drug-likeness (QED) is 0.391. The van der Waals surface area contributed by atoms with E-state index in [1.54, 1.807) is 0 Å². The maximum absolute atomic E-state index is 0. The van der Waals surface area contributed by atoms with Gasteiger partial charge in [-0.15, -0.1) is 0 Å². The summed E-state index contributed by atoms with van der Waals surface area (Å²) in [5.41, 5.74) is 0. The van der Waals surface area contributed by atoms with Gasteiger partial charge in [-0.2, -0.15) is 0 Å². The molecule has 0 aliphatic heterocycles. The third-order valence-electron chi connectivity index (χ3n) is 0. The zero-order chi connectivity index (χ0) is 0. The van der Waals surface area contributed by atoms with Gasteiger partial charge in [0.1, 0.15) is 0 Å². The van der Waals surface area contributed by atoms with E-state index >= 15 is 0 Å². The number of rotatable bonds is 0. The Morgan fingerprint density at radius 2 is 1.00 bits per heavy atom. The van der Waals surface area contributed by atoms with E-state index in [0.29, 0.717) is 0 Å². The summed E-state index contributed by atoms with van der Waals surface area (Å²) in [6.07, 6.45) is 0. The zero-order valence-corrected chi connectivity index (χ0v) is 4.17. The molecule has 24 valence electrons. The first kappa shape index (κ1) is 36.8. The fourth-order valence-electron chi connectivity index (χ4n) is 0. The van der Waals surface area contributed by atoms with E-state index < -0.39 is 0 Å². The van der Waals surface area contributed by atoms with Crippen LogP contribution in [0.1, 0.15) is 0 Å². The molecule has 5 heteroatoms. The molecule has 0 aromatic carbocycles. The van der Waals surface area contributed by atoms with Crippen LogP contribution in [0.4, 0.5) is 0 Å². The van der Waals surface area contributed by atoms with Gasteiger partial charge in [-0.25, -0.2) is 0 Å². The van der Waals surface area contributed by atoms with Crippen molar-refractivity contribution in [3.8, 4) is 0 Å². The second-order valence-electron chi connectivity index (χ2n) is 0. The Balaban J connectivity index is 0. The van der Waals surface area contributed by atoms with Gasteiger partial charge in [-0.05, 0) is 0 Å². The van der Waals surface area contributed by atoms with E-state index in [-0.39, 0.29) is 126 Å². The van der Waals surface area contributed by atoms with Crippen molar-refractivity contribution in [1.29, 1.82) is 0 Å². The second kappa shape index (κ2) is 24.8. The van der Waals surface area contributed by atoms with Crippen molar-refractivity contribution >= 4 is 101 Å². The maximum Gasteiger partial charge on any atom is 0 e. The zero-order valence-electron chi connectivity index (χ0n) is 1.21. The van der Waals surface area contributed by atoms with Crippen LogP contribution in [-0.2, 0) is 19.5 Å². The average molecular weight is 245 g/mol. The molecule has 0 atom stereocenters. The van der Waals surface area contributed by atoms with E-state index in [2.05, 4.69) is 0 Å². The first-order valence-electron chi connectivity index (χ1n) is 0. The molecule has 0 fully saturated rings. The Labute approximate surface area is 122 Å². The molecule has 0 aliphatic carbocycles. The fourth-order valence-corrected chi connectivity index (χ4v) is 0. The molecule has 1 nitrogen and oxygen atoms in total. The first-order valence-corrected chi connectivity index (χ1v) is 0. The van der Waals surface area contributed by atoms with Crippen molar-refractivity contribution in [2.24, 2.45) is 0 Å². The summed E-state index contributed by atoms with van der Waals surface area (Å²) in [6, 6.07) is 0. The maximum atomic E-state index is 0. The van der Waals surface area contributed by atoms with E-state index in [1.165, 1.54) is 0 Å². The molecule has 0 spiro atoms. The molecule has 0 saturated heterocycles. The second-order valence-corrected chi connectivity index (χ2v) is 0. The van der Waals surface area contributed by atoms with Gasteiger partial charge in [0.25, 0.3) is 0 Å². The van der Waals surface area contributed by atoms with Crippen molar-refractivity contribution in [3.05, 3.63) is 0 Å². The average Bonchev–Trinajstić information content (AvgIpc) is 0. The van der Waals surface area contributed by atoms with Gasteiger partial charge in [-0.3, -0.25) is 0 Å². The van der Waals surface area contributed by atoms with Crippen LogP contribution in [0.5, 0.6) is 0 Å². The minimum Gasteiger partial charge on any atom is 0 e. The molecule has 0 bridgehead atoms. The van der Waals surface area contributed by atoms with Crippen LogP contribution >= 0.6 is 0 Å². The van der Waals surface area contributed by atoms with Crippen LogP contribution in [-0.4, -0.2) is 106 Å². The fraction of sp³-hybridized carbons (Fsp3) is 0. The minimum atomic E-state index is 0. The number of hydrogen-bond acceptors (Lipinski definition) is 0. The van der Waals surface area contributed by atoms with Gasteiger partial charge in [0.2, 0.25) is 0 Å². The van der Waals surface area contributed by atoms with E-state index in [9.17, 15) is 0 Å². The smallest absolute Gasteiger partial charge is 0 e. The van der Waals surface area contributed by atoms with Crippen LogP contribution in [0.3, 0.4) is 0 Å². The van der Waals surface area contributed by atoms with Gasteiger partial charge >= 0.3 is 83.2 Å². The van der Waals surface area contributed by atoms with Crippen LogP contribution in [0.25, 0.3) is 0 Å². The summed E-state index contributed by atoms with van der Waals surface area (Å²) in [5.74, 6) is 0. The van der Waals surface area contributed by atoms with Crippen molar-refractivity contribution in [3.63, 3.8) is 0 Å². The molecule has 0 radical (unpaired) electrons. The molecule has 0 aromatic heterocycles. The molecule has 0 unspecified atom stereocenters. The van der Waals surface area contributed by atoms with Crippen molar-refractivity contribution in [2.45, 2.75) is 0 Å². The molecule has 5 heavy (non-hydrogen) atoms. The largest absolute Gasteiger partial charge is 0 e. The Kier molecular flexibility index (Phi) is 183. The summed E-state index contributed by atoms with van der Waals surface area (Å²) in [7, 11) is 0. The van der Waals surface area contributed by atoms with E-state index in [0.717, 1.165) is 0 Å². The predicted molar refractivity (Wildman–Crippen MR) is 30.6 cm³/mol. The monoisotopic (exact) mass is 244 g/mol. The third-order valence-corrected chi connectivity index (χ3v) is 0. The first-order chi connectivity index (χ1) is 0. The summed E-state index contributed by atoms with van der Waals surface area (Å²) in [4.78, 5) is 0. The molecule has 0 rings (SSSR count). The van der Waals surface area contributed by atoms with Crippen molar-refractivity contribution in [1.82, 2.24) is 0 Å². The van der Waals surface area contributed by atoms with Crippen molar-refractivity contribution < 1.29 is 25.0 Å². The van der Waals surface area contributed by atoms with Crippen LogP contribution < -0.4 is 0 Å². The van der Waals surface area contributed by atoms with Crippen molar-refractivity contribution in [2.75, 3.05) is 0 Å². The Morgan fingerprint density at radius 1 is 1.00 bits per heavy atom. The van der Waals surface area contributed by atoms with E-state index in [4.69, 9.17) is 0 Å². The minimum absolute atomic E-state index is 0. The standard InChI is InChI=1S/Al.Ca.H2O.Sr.Zn.7H/h;;1H2;;;;;;;;;. The molecule has 0 aromatic rings. The van der Waals surface area contributed by atoms with Gasteiger partial charge in [-0.1, -0.05) is 0 Å². The molecule has 0 saturated carbocycles. The summed E-state index contributed by atoms with van der Waals surface area (Å²) < 4.78 is 0. The normalized spacial score (nSPS) is 0. The molecular formula is H9AlCaOSrZn. The van der Waals surface area contributed by atoms with Crippen LogP contribution in [0.15, 0.2) is 0 Å². The summed E-state index contributed by atoms with van der Waals surface area (Å²) in [6.45, 7) is 0. The molecular weight excluding hydrogens is 236 g/mol. The Morgan fingerprint density at radius 3 is 1.00 bits per heavy atom. The predicted octanol–water partition coefficient (Wildman–Crippen LogP) is -3.84. The van der Waals surface area contributed by atoms with Crippen LogP contribution in [0, 0.1) is 0 Å². The van der Waals surface area contributed by atoms with Crippen LogP contribution in [0.2, 0.25) is 0 Å². The third kappa shape index (κ3) is 18.1. The number of hydrogen-bond donors (Lipinski definition) is 0. The summed E-state index contributed by atoms with van der Waals surface area (Å²) in [5, 5.41) is 0. The van der Waals surface area contributed by atoms with Gasteiger partial charge in [0, 0.05) is 19.5 Å². The Bertz CT molecular complexity index is 11.6. The van der Waals surface area contributed by atoms with Gasteiger partial charge in [0.05, 0.1) is 0 Å². The topological polar surface area (TPSA) is 31.5 Å². The summed E-state index contributed by atoms with van der Waals surface area (Å²) >= 11 is 0.